The Morgan fingerprint density at radius 1 is 1.20 bits per heavy atom. The van der Waals surface area contributed by atoms with Crippen molar-refractivity contribution in [2.75, 3.05) is 6.54 Å². The predicted octanol–water partition coefficient (Wildman–Crippen LogP) is 0.955. The molecule has 0 atom stereocenters. The number of rotatable bonds is 7. The zero-order valence-corrected chi connectivity index (χ0v) is 11.5. The Morgan fingerprint density at radius 3 is 2.45 bits per heavy atom. The standard InChI is InChI=1S/C13H15NO5S/c15-12(14-9-4-7-13(16)17)8-10-20(18,19)11-5-2-1-3-6-11/h1-3,5-6,8,10H,4,7,9H2,(H,14,15)(H,16,17)/b10-8+. The van der Waals surface area contributed by atoms with Crippen molar-refractivity contribution in [3.63, 3.8) is 0 Å². The first-order valence-corrected chi connectivity index (χ1v) is 7.44. The van der Waals surface area contributed by atoms with Crippen molar-refractivity contribution in [2.24, 2.45) is 0 Å². The molecular formula is C13H15NO5S. The van der Waals surface area contributed by atoms with Gasteiger partial charge in [0.1, 0.15) is 0 Å². The van der Waals surface area contributed by atoms with Crippen molar-refractivity contribution in [2.45, 2.75) is 17.7 Å². The molecule has 1 aromatic carbocycles. The smallest absolute Gasteiger partial charge is 0.303 e. The highest BCUT2D eigenvalue weighted by atomic mass is 32.2. The molecule has 0 unspecified atom stereocenters. The molecule has 6 nitrogen and oxygen atoms in total. The highest BCUT2D eigenvalue weighted by Crippen LogP contribution is 2.10. The Kier molecular flexibility index (Phi) is 5.92. The van der Waals surface area contributed by atoms with Gasteiger partial charge in [-0.15, -0.1) is 0 Å². The van der Waals surface area contributed by atoms with Crippen LogP contribution in [0, 0.1) is 0 Å². The molecule has 0 aliphatic rings. The van der Waals surface area contributed by atoms with Gasteiger partial charge in [-0.05, 0) is 18.6 Å². The number of amides is 1. The van der Waals surface area contributed by atoms with E-state index in [1.54, 1.807) is 18.2 Å². The second-order valence-electron chi connectivity index (χ2n) is 3.95. The van der Waals surface area contributed by atoms with Crippen LogP contribution in [-0.2, 0) is 19.4 Å². The molecule has 0 fully saturated rings. The highest BCUT2D eigenvalue weighted by molar-refractivity contribution is 7.94. The summed E-state index contributed by atoms with van der Waals surface area (Å²) in [6, 6.07) is 7.74. The lowest BCUT2D eigenvalue weighted by molar-refractivity contribution is -0.137. The quantitative estimate of drug-likeness (QED) is 0.576. The number of nitrogens with one attached hydrogen (secondary N) is 1. The molecular weight excluding hydrogens is 282 g/mol. The predicted molar refractivity (Wildman–Crippen MR) is 72.6 cm³/mol. The number of sulfone groups is 1. The van der Waals surface area contributed by atoms with Gasteiger partial charge >= 0.3 is 5.97 Å². The number of carboxylic acid groups (broad SMARTS) is 1. The van der Waals surface area contributed by atoms with Crippen LogP contribution in [-0.4, -0.2) is 31.9 Å². The number of carbonyl (C=O) groups is 2. The van der Waals surface area contributed by atoms with Crippen LogP contribution >= 0.6 is 0 Å². The fourth-order valence-corrected chi connectivity index (χ4v) is 2.35. The van der Waals surface area contributed by atoms with Crippen molar-refractivity contribution in [1.29, 1.82) is 0 Å². The summed E-state index contributed by atoms with van der Waals surface area (Å²) >= 11 is 0. The molecule has 7 heteroatoms. The molecule has 0 bridgehead atoms. The van der Waals surface area contributed by atoms with Gasteiger partial charge in [-0.25, -0.2) is 8.42 Å². The van der Waals surface area contributed by atoms with Crippen molar-refractivity contribution >= 4 is 21.7 Å². The molecule has 0 saturated heterocycles. The normalized spacial score (nSPS) is 11.4. The third-order valence-corrected chi connectivity index (χ3v) is 3.76. The van der Waals surface area contributed by atoms with E-state index in [1.165, 1.54) is 12.1 Å². The average Bonchev–Trinajstić information content (AvgIpc) is 2.42. The summed E-state index contributed by atoms with van der Waals surface area (Å²) in [5.74, 6) is -1.52. The average molecular weight is 297 g/mol. The summed E-state index contributed by atoms with van der Waals surface area (Å²) in [6.07, 6.45) is 1.16. The Morgan fingerprint density at radius 2 is 1.85 bits per heavy atom. The Balaban J connectivity index is 2.51. The van der Waals surface area contributed by atoms with Gasteiger partial charge in [0, 0.05) is 24.4 Å². The van der Waals surface area contributed by atoms with Crippen LogP contribution in [0.4, 0.5) is 0 Å². The molecule has 20 heavy (non-hydrogen) atoms. The summed E-state index contributed by atoms with van der Waals surface area (Å²) in [5.41, 5.74) is 0. The molecule has 0 saturated carbocycles. The Bertz CT molecular complexity index is 592. The molecule has 108 valence electrons. The van der Waals surface area contributed by atoms with E-state index in [4.69, 9.17) is 5.11 Å². The zero-order valence-electron chi connectivity index (χ0n) is 10.7. The van der Waals surface area contributed by atoms with E-state index in [-0.39, 0.29) is 17.9 Å². The Labute approximate surface area is 117 Å². The van der Waals surface area contributed by atoms with E-state index < -0.39 is 21.7 Å². The maximum atomic E-state index is 11.8. The summed E-state index contributed by atoms with van der Waals surface area (Å²) in [5, 5.41) is 11.6. The summed E-state index contributed by atoms with van der Waals surface area (Å²) in [6.45, 7) is 0.181. The molecule has 0 heterocycles. The van der Waals surface area contributed by atoms with Gasteiger partial charge in [0.2, 0.25) is 5.91 Å². The summed E-state index contributed by atoms with van der Waals surface area (Å²) in [7, 11) is -3.63. The minimum atomic E-state index is -3.63. The summed E-state index contributed by atoms with van der Waals surface area (Å²) in [4.78, 5) is 21.7. The van der Waals surface area contributed by atoms with Crippen molar-refractivity contribution in [3.8, 4) is 0 Å². The van der Waals surface area contributed by atoms with Crippen LogP contribution in [0.3, 0.4) is 0 Å². The molecule has 0 aromatic heterocycles. The SMILES string of the molecule is O=C(O)CCCNC(=O)/C=C/S(=O)(=O)c1ccccc1. The van der Waals surface area contributed by atoms with Gasteiger partial charge in [0.25, 0.3) is 0 Å². The second kappa shape index (κ2) is 7.44. The van der Waals surface area contributed by atoms with E-state index in [0.717, 1.165) is 11.5 Å². The maximum absolute atomic E-state index is 11.8. The molecule has 0 spiro atoms. The fraction of sp³-hybridized carbons (Fsp3) is 0.231. The van der Waals surface area contributed by atoms with Crippen LogP contribution in [0.25, 0.3) is 0 Å². The first-order valence-electron chi connectivity index (χ1n) is 5.89. The van der Waals surface area contributed by atoms with Crippen LogP contribution < -0.4 is 5.32 Å². The monoisotopic (exact) mass is 297 g/mol. The third-order valence-electron chi connectivity index (χ3n) is 2.34. The lowest BCUT2D eigenvalue weighted by Crippen LogP contribution is -2.22. The molecule has 0 aliphatic heterocycles. The van der Waals surface area contributed by atoms with E-state index in [2.05, 4.69) is 5.32 Å². The number of benzene rings is 1. The van der Waals surface area contributed by atoms with Crippen molar-refractivity contribution in [1.82, 2.24) is 5.32 Å². The lowest BCUT2D eigenvalue weighted by Gasteiger charge is -2.00. The first-order chi connectivity index (χ1) is 9.42. The molecule has 1 amide bonds. The van der Waals surface area contributed by atoms with Gasteiger partial charge in [0.15, 0.2) is 9.84 Å². The minimum absolute atomic E-state index is 0.0493. The maximum Gasteiger partial charge on any atom is 0.303 e. The fourth-order valence-electron chi connectivity index (χ4n) is 1.35. The van der Waals surface area contributed by atoms with Crippen molar-refractivity contribution < 1.29 is 23.1 Å². The highest BCUT2D eigenvalue weighted by Gasteiger charge is 2.09. The Hall–Kier alpha value is -2.15. The van der Waals surface area contributed by atoms with Crippen LogP contribution in [0.5, 0.6) is 0 Å². The molecule has 0 radical (unpaired) electrons. The number of aliphatic carboxylic acids is 1. The number of carboxylic acids is 1. The van der Waals surface area contributed by atoms with E-state index in [1.807, 2.05) is 0 Å². The van der Waals surface area contributed by atoms with Crippen LogP contribution in [0.2, 0.25) is 0 Å². The van der Waals surface area contributed by atoms with E-state index >= 15 is 0 Å². The van der Waals surface area contributed by atoms with E-state index in [9.17, 15) is 18.0 Å². The molecule has 2 N–H and O–H groups in total. The molecule has 0 aliphatic carbocycles. The van der Waals surface area contributed by atoms with Crippen LogP contribution in [0.15, 0.2) is 46.7 Å². The molecule has 1 aromatic rings. The first kappa shape index (κ1) is 15.9. The van der Waals surface area contributed by atoms with E-state index in [0.29, 0.717) is 6.42 Å². The number of hydrogen-bond donors (Lipinski definition) is 2. The topological polar surface area (TPSA) is 101 Å². The van der Waals surface area contributed by atoms with Gasteiger partial charge in [0.05, 0.1) is 4.90 Å². The number of hydrogen-bond acceptors (Lipinski definition) is 4. The van der Waals surface area contributed by atoms with Gasteiger partial charge < -0.3 is 10.4 Å². The minimum Gasteiger partial charge on any atom is -0.481 e. The lowest BCUT2D eigenvalue weighted by atomic mass is 10.3. The zero-order chi connectivity index (χ0) is 15.0. The van der Waals surface area contributed by atoms with Gasteiger partial charge in [-0.2, -0.15) is 0 Å². The van der Waals surface area contributed by atoms with Crippen LogP contribution in [0.1, 0.15) is 12.8 Å². The van der Waals surface area contributed by atoms with Gasteiger partial charge in [-0.3, -0.25) is 9.59 Å². The third kappa shape index (κ3) is 5.66. The second-order valence-corrected chi connectivity index (χ2v) is 5.78. The number of carbonyl (C=O) groups excluding carboxylic acids is 1. The van der Waals surface area contributed by atoms with Crippen molar-refractivity contribution in [3.05, 3.63) is 41.8 Å². The molecule has 1 rings (SSSR count). The summed E-state index contributed by atoms with van der Waals surface area (Å²) < 4.78 is 23.6. The largest absolute Gasteiger partial charge is 0.481 e. The van der Waals surface area contributed by atoms with Gasteiger partial charge in [-0.1, -0.05) is 18.2 Å².